The first-order valence-corrected chi connectivity index (χ1v) is 6.82. The van der Waals surface area contributed by atoms with Crippen LogP contribution in [0.5, 0.6) is 5.75 Å². The van der Waals surface area contributed by atoms with Gasteiger partial charge in [0.05, 0.1) is 0 Å². The van der Waals surface area contributed by atoms with Gasteiger partial charge in [0, 0.05) is 25.2 Å². The van der Waals surface area contributed by atoms with E-state index in [1.807, 2.05) is 30.3 Å². The molecule has 1 aliphatic heterocycles. The van der Waals surface area contributed by atoms with Crippen LogP contribution in [0.1, 0.15) is 20.3 Å². The van der Waals surface area contributed by atoms with Gasteiger partial charge in [-0.25, -0.2) is 0 Å². The molecule has 3 heteroatoms. The quantitative estimate of drug-likeness (QED) is 0.883. The fraction of sp³-hybridized carbons (Fsp3) is 0.600. The highest BCUT2D eigenvalue weighted by atomic mass is 16.5. The minimum Gasteiger partial charge on any atom is -0.492 e. The summed E-state index contributed by atoms with van der Waals surface area (Å²) in [5.41, 5.74) is 0.219. The molecule has 0 aromatic heterocycles. The summed E-state index contributed by atoms with van der Waals surface area (Å²) in [4.78, 5) is 2.52. The summed E-state index contributed by atoms with van der Waals surface area (Å²) < 4.78 is 5.78. The molecule has 1 saturated heterocycles. The van der Waals surface area contributed by atoms with Gasteiger partial charge in [-0.15, -0.1) is 0 Å². The zero-order valence-corrected chi connectivity index (χ0v) is 11.5. The van der Waals surface area contributed by atoms with E-state index in [-0.39, 0.29) is 5.54 Å². The first-order valence-electron chi connectivity index (χ1n) is 6.82. The predicted octanol–water partition coefficient (Wildman–Crippen LogP) is 2.14. The number of benzene rings is 1. The summed E-state index contributed by atoms with van der Waals surface area (Å²) in [5, 5.41) is 3.49. The lowest BCUT2D eigenvalue weighted by atomic mass is 10.0. The molecule has 0 aliphatic carbocycles. The highest BCUT2D eigenvalue weighted by molar-refractivity contribution is 5.20. The Balaban J connectivity index is 1.81. The largest absolute Gasteiger partial charge is 0.492 e. The molecule has 1 aliphatic rings. The van der Waals surface area contributed by atoms with Crippen molar-refractivity contribution in [3.8, 4) is 5.75 Å². The maximum Gasteiger partial charge on any atom is 0.119 e. The van der Waals surface area contributed by atoms with Gasteiger partial charge in [-0.1, -0.05) is 18.2 Å². The van der Waals surface area contributed by atoms with Crippen molar-refractivity contribution in [1.82, 2.24) is 10.2 Å². The van der Waals surface area contributed by atoms with Crippen LogP contribution in [0.3, 0.4) is 0 Å². The fourth-order valence-electron chi connectivity index (χ4n) is 2.41. The van der Waals surface area contributed by atoms with Gasteiger partial charge in [0.15, 0.2) is 0 Å². The first-order chi connectivity index (χ1) is 8.68. The Kier molecular flexibility index (Phi) is 4.61. The molecule has 0 radical (unpaired) electrons. The Morgan fingerprint density at radius 2 is 2.06 bits per heavy atom. The molecule has 2 rings (SSSR count). The Bertz CT molecular complexity index is 351. The van der Waals surface area contributed by atoms with E-state index in [2.05, 4.69) is 24.1 Å². The lowest BCUT2D eigenvalue weighted by Crippen LogP contribution is -2.49. The summed E-state index contributed by atoms with van der Waals surface area (Å²) in [7, 11) is 0. The molecular formula is C15H24N2O. The molecule has 1 aromatic carbocycles. The van der Waals surface area contributed by atoms with Gasteiger partial charge in [-0.2, -0.15) is 0 Å². The summed E-state index contributed by atoms with van der Waals surface area (Å²) in [6.07, 6.45) is 1.22. The molecule has 1 N–H and O–H groups in total. The van der Waals surface area contributed by atoms with E-state index in [4.69, 9.17) is 4.74 Å². The fourth-order valence-corrected chi connectivity index (χ4v) is 2.41. The second-order valence-electron chi connectivity index (χ2n) is 5.49. The average Bonchev–Trinajstić information content (AvgIpc) is 2.53. The van der Waals surface area contributed by atoms with Gasteiger partial charge in [0.2, 0.25) is 0 Å². The maximum atomic E-state index is 5.78. The number of para-hydroxylation sites is 1. The Hall–Kier alpha value is -1.06. The Labute approximate surface area is 110 Å². The highest BCUT2D eigenvalue weighted by Gasteiger charge is 2.27. The topological polar surface area (TPSA) is 24.5 Å². The van der Waals surface area contributed by atoms with Crippen LogP contribution < -0.4 is 10.1 Å². The minimum atomic E-state index is 0.219. The lowest BCUT2D eigenvalue weighted by Gasteiger charge is -2.36. The monoisotopic (exact) mass is 248 g/mol. The molecule has 0 amide bonds. The van der Waals surface area contributed by atoms with Crippen LogP contribution in [0.2, 0.25) is 0 Å². The van der Waals surface area contributed by atoms with E-state index < -0.39 is 0 Å². The number of rotatable bonds is 4. The first kappa shape index (κ1) is 13.4. The number of nitrogens with one attached hydrogen (secondary N) is 1. The van der Waals surface area contributed by atoms with Crippen LogP contribution in [0.25, 0.3) is 0 Å². The van der Waals surface area contributed by atoms with Crippen LogP contribution in [0, 0.1) is 0 Å². The zero-order valence-electron chi connectivity index (χ0n) is 11.5. The second kappa shape index (κ2) is 6.21. The zero-order chi connectivity index (χ0) is 12.8. The van der Waals surface area contributed by atoms with E-state index in [1.165, 1.54) is 6.42 Å². The minimum absolute atomic E-state index is 0.219. The summed E-state index contributed by atoms with van der Waals surface area (Å²) in [5.74, 6) is 0.961. The normalized spacial score (nSPS) is 20.3. The molecule has 0 spiro atoms. The third kappa shape index (κ3) is 3.72. The third-order valence-electron chi connectivity index (χ3n) is 3.57. The van der Waals surface area contributed by atoms with Crippen molar-refractivity contribution in [2.24, 2.45) is 0 Å². The standard InChI is InChI=1S/C15H24N2O/c1-15(2)13-16-9-6-10-17(15)11-12-18-14-7-4-3-5-8-14/h3-5,7-8,16H,6,9-13H2,1-2H3. The summed E-state index contributed by atoms with van der Waals surface area (Å²) in [6, 6.07) is 10.0. The maximum absolute atomic E-state index is 5.78. The van der Waals surface area contributed by atoms with E-state index >= 15 is 0 Å². The van der Waals surface area contributed by atoms with Gasteiger partial charge in [0.25, 0.3) is 0 Å². The van der Waals surface area contributed by atoms with Gasteiger partial charge in [-0.05, 0) is 38.9 Å². The molecule has 18 heavy (non-hydrogen) atoms. The highest BCUT2D eigenvalue weighted by Crippen LogP contribution is 2.16. The van der Waals surface area contributed by atoms with Gasteiger partial charge >= 0.3 is 0 Å². The van der Waals surface area contributed by atoms with E-state index in [0.29, 0.717) is 0 Å². The van der Waals surface area contributed by atoms with Crippen molar-refractivity contribution in [1.29, 1.82) is 0 Å². The van der Waals surface area contributed by atoms with Crippen LogP contribution in [-0.4, -0.2) is 43.2 Å². The molecule has 3 nitrogen and oxygen atoms in total. The molecular weight excluding hydrogens is 224 g/mol. The number of hydrogen-bond donors (Lipinski definition) is 1. The van der Waals surface area contributed by atoms with Crippen molar-refractivity contribution < 1.29 is 4.74 Å². The predicted molar refractivity (Wildman–Crippen MR) is 75.1 cm³/mol. The Morgan fingerprint density at radius 3 is 2.83 bits per heavy atom. The number of hydrogen-bond acceptors (Lipinski definition) is 3. The van der Waals surface area contributed by atoms with Crippen LogP contribution in [0.15, 0.2) is 30.3 Å². The van der Waals surface area contributed by atoms with Gasteiger partial charge < -0.3 is 10.1 Å². The van der Waals surface area contributed by atoms with Gasteiger partial charge in [0.1, 0.15) is 12.4 Å². The van der Waals surface area contributed by atoms with Crippen molar-refractivity contribution in [2.75, 3.05) is 32.8 Å². The van der Waals surface area contributed by atoms with Crippen molar-refractivity contribution in [2.45, 2.75) is 25.8 Å². The Morgan fingerprint density at radius 1 is 1.28 bits per heavy atom. The molecule has 0 atom stereocenters. The van der Waals surface area contributed by atoms with Crippen molar-refractivity contribution >= 4 is 0 Å². The molecule has 1 fully saturated rings. The molecule has 100 valence electrons. The number of ether oxygens (including phenoxy) is 1. The van der Waals surface area contributed by atoms with Crippen molar-refractivity contribution in [3.05, 3.63) is 30.3 Å². The van der Waals surface area contributed by atoms with E-state index in [1.54, 1.807) is 0 Å². The van der Waals surface area contributed by atoms with E-state index in [0.717, 1.165) is 38.5 Å². The SMILES string of the molecule is CC1(C)CNCCCN1CCOc1ccccc1. The molecule has 1 heterocycles. The molecule has 1 aromatic rings. The van der Waals surface area contributed by atoms with E-state index in [9.17, 15) is 0 Å². The van der Waals surface area contributed by atoms with Crippen LogP contribution >= 0.6 is 0 Å². The third-order valence-corrected chi connectivity index (χ3v) is 3.57. The van der Waals surface area contributed by atoms with Crippen LogP contribution in [0.4, 0.5) is 0 Å². The molecule has 0 saturated carbocycles. The average molecular weight is 248 g/mol. The molecule has 0 unspecified atom stereocenters. The lowest BCUT2D eigenvalue weighted by molar-refractivity contribution is 0.110. The summed E-state index contributed by atoms with van der Waals surface area (Å²) in [6.45, 7) is 9.68. The van der Waals surface area contributed by atoms with Crippen LogP contribution in [-0.2, 0) is 0 Å². The van der Waals surface area contributed by atoms with Gasteiger partial charge in [-0.3, -0.25) is 4.90 Å². The van der Waals surface area contributed by atoms with Crippen molar-refractivity contribution in [3.63, 3.8) is 0 Å². The smallest absolute Gasteiger partial charge is 0.119 e. The molecule has 0 bridgehead atoms. The number of nitrogens with zero attached hydrogens (tertiary/aromatic N) is 1. The summed E-state index contributed by atoms with van der Waals surface area (Å²) >= 11 is 0. The second-order valence-corrected chi connectivity index (χ2v) is 5.49.